The average Bonchev–Trinajstić information content (AvgIpc) is 2.52. The van der Waals surface area contributed by atoms with Gasteiger partial charge in [0.2, 0.25) is 0 Å². The van der Waals surface area contributed by atoms with Crippen LogP contribution in [0.3, 0.4) is 0 Å². The molecule has 0 aliphatic rings. The molecular formula is C17H28N2O3. The fraction of sp³-hybridized carbons (Fsp3) is 0.588. The molecule has 0 aliphatic carbocycles. The van der Waals surface area contributed by atoms with Crippen molar-refractivity contribution in [2.24, 2.45) is 0 Å². The lowest BCUT2D eigenvalue weighted by Gasteiger charge is -2.18. The Morgan fingerprint density at radius 3 is 2.55 bits per heavy atom. The molecule has 0 aromatic heterocycles. The zero-order chi connectivity index (χ0) is 16.4. The van der Waals surface area contributed by atoms with Crippen LogP contribution in [0.4, 0.5) is 5.69 Å². The van der Waals surface area contributed by atoms with Crippen molar-refractivity contribution in [2.75, 3.05) is 38.6 Å². The summed E-state index contributed by atoms with van der Waals surface area (Å²) in [6, 6.07) is 5.03. The van der Waals surface area contributed by atoms with Gasteiger partial charge in [0.25, 0.3) is 0 Å². The van der Waals surface area contributed by atoms with E-state index in [0.717, 1.165) is 32.5 Å². The van der Waals surface area contributed by atoms with Gasteiger partial charge in [0.1, 0.15) is 17.9 Å². The number of anilines is 1. The smallest absolute Gasteiger partial charge is 0.341 e. The van der Waals surface area contributed by atoms with Crippen LogP contribution in [0, 0.1) is 0 Å². The third kappa shape index (κ3) is 5.93. The van der Waals surface area contributed by atoms with Crippen LogP contribution in [0.5, 0.6) is 5.75 Å². The van der Waals surface area contributed by atoms with Crippen molar-refractivity contribution < 1.29 is 14.3 Å². The molecule has 1 rings (SSSR count). The molecule has 124 valence electrons. The van der Waals surface area contributed by atoms with Crippen LogP contribution in [-0.4, -0.2) is 43.7 Å². The number of esters is 1. The van der Waals surface area contributed by atoms with Gasteiger partial charge >= 0.3 is 5.97 Å². The van der Waals surface area contributed by atoms with E-state index in [1.165, 1.54) is 0 Å². The normalized spacial score (nSPS) is 10.7. The first kappa shape index (κ1) is 18.3. The van der Waals surface area contributed by atoms with E-state index in [4.69, 9.17) is 15.2 Å². The molecule has 0 amide bonds. The molecule has 5 nitrogen and oxygen atoms in total. The van der Waals surface area contributed by atoms with Crippen molar-refractivity contribution in [3.63, 3.8) is 0 Å². The van der Waals surface area contributed by atoms with Crippen LogP contribution >= 0.6 is 0 Å². The van der Waals surface area contributed by atoms with Crippen molar-refractivity contribution in [3.05, 3.63) is 23.8 Å². The van der Waals surface area contributed by atoms with Crippen molar-refractivity contribution in [1.82, 2.24) is 4.90 Å². The Bertz CT molecular complexity index is 459. The Balaban J connectivity index is 2.63. The van der Waals surface area contributed by atoms with Crippen LogP contribution in [0.1, 0.15) is 44.0 Å². The summed E-state index contributed by atoms with van der Waals surface area (Å²) in [5.74, 6) is 0.139. The number of carbonyl (C=O) groups is 1. The molecule has 0 fully saturated rings. The molecule has 0 radical (unpaired) electrons. The first-order valence-electron chi connectivity index (χ1n) is 8.04. The van der Waals surface area contributed by atoms with E-state index < -0.39 is 0 Å². The van der Waals surface area contributed by atoms with Crippen molar-refractivity contribution in [1.29, 1.82) is 0 Å². The van der Waals surface area contributed by atoms with E-state index in [-0.39, 0.29) is 5.97 Å². The number of ether oxygens (including phenoxy) is 2. The highest BCUT2D eigenvalue weighted by Crippen LogP contribution is 2.23. The molecule has 0 saturated carbocycles. The summed E-state index contributed by atoms with van der Waals surface area (Å²) in [5.41, 5.74) is 6.78. The Hall–Kier alpha value is -1.75. The molecule has 1 aromatic carbocycles. The summed E-state index contributed by atoms with van der Waals surface area (Å²) < 4.78 is 11.0. The Labute approximate surface area is 133 Å². The van der Waals surface area contributed by atoms with E-state index in [1.807, 2.05) is 0 Å². The van der Waals surface area contributed by atoms with Crippen molar-refractivity contribution in [3.8, 4) is 5.75 Å². The van der Waals surface area contributed by atoms with Crippen LogP contribution in [0.2, 0.25) is 0 Å². The summed E-state index contributed by atoms with van der Waals surface area (Å²) in [6.45, 7) is 9.84. The first-order valence-corrected chi connectivity index (χ1v) is 8.04. The fourth-order valence-electron chi connectivity index (χ4n) is 2.04. The van der Waals surface area contributed by atoms with E-state index in [2.05, 4.69) is 25.7 Å². The van der Waals surface area contributed by atoms with Gasteiger partial charge in [-0.1, -0.05) is 27.2 Å². The predicted molar refractivity (Wildman–Crippen MR) is 89.3 cm³/mol. The second kappa shape index (κ2) is 10.1. The van der Waals surface area contributed by atoms with Gasteiger partial charge in [-0.05, 0) is 31.6 Å². The number of likely N-dealkylation sites (N-methyl/N-ethyl adjacent to an activating group) is 1. The third-order valence-electron chi connectivity index (χ3n) is 3.52. The minimum Gasteiger partial charge on any atom is -0.493 e. The number of hydrogen-bond acceptors (Lipinski definition) is 5. The molecule has 0 spiro atoms. The summed E-state index contributed by atoms with van der Waals surface area (Å²) in [5, 5.41) is 0. The first-order chi connectivity index (χ1) is 10.6. The van der Waals surface area contributed by atoms with Gasteiger partial charge in [0, 0.05) is 18.3 Å². The van der Waals surface area contributed by atoms with E-state index in [9.17, 15) is 4.79 Å². The summed E-state index contributed by atoms with van der Waals surface area (Å²) >= 11 is 0. The second-order valence-corrected chi connectivity index (χ2v) is 5.12. The largest absolute Gasteiger partial charge is 0.493 e. The molecule has 0 bridgehead atoms. The lowest BCUT2D eigenvalue weighted by atomic mass is 10.2. The highest BCUT2D eigenvalue weighted by molar-refractivity contribution is 5.93. The van der Waals surface area contributed by atoms with Crippen LogP contribution in [0.25, 0.3) is 0 Å². The molecule has 0 heterocycles. The third-order valence-corrected chi connectivity index (χ3v) is 3.52. The SMILES string of the molecule is CCCCOc1cc(N)ccc1C(=O)OCCN(CC)CC. The molecule has 2 N–H and O–H groups in total. The van der Waals surface area contributed by atoms with E-state index in [0.29, 0.717) is 30.2 Å². The lowest BCUT2D eigenvalue weighted by molar-refractivity contribution is 0.0462. The molecular weight excluding hydrogens is 280 g/mol. The summed E-state index contributed by atoms with van der Waals surface area (Å²) in [4.78, 5) is 14.4. The minimum absolute atomic E-state index is 0.362. The second-order valence-electron chi connectivity index (χ2n) is 5.12. The molecule has 0 saturated heterocycles. The van der Waals surface area contributed by atoms with Crippen LogP contribution in [0.15, 0.2) is 18.2 Å². The Morgan fingerprint density at radius 1 is 1.18 bits per heavy atom. The van der Waals surface area contributed by atoms with Gasteiger partial charge in [-0.25, -0.2) is 4.79 Å². The monoisotopic (exact) mass is 308 g/mol. The zero-order valence-electron chi connectivity index (χ0n) is 13.9. The number of unbranched alkanes of at least 4 members (excludes halogenated alkanes) is 1. The highest BCUT2D eigenvalue weighted by Gasteiger charge is 2.15. The minimum atomic E-state index is -0.362. The van der Waals surface area contributed by atoms with Gasteiger partial charge in [0.15, 0.2) is 0 Å². The van der Waals surface area contributed by atoms with Gasteiger partial charge in [-0.2, -0.15) is 0 Å². The molecule has 22 heavy (non-hydrogen) atoms. The Kier molecular flexibility index (Phi) is 8.36. The van der Waals surface area contributed by atoms with Gasteiger partial charge in [-0.15, -0.1) is 0 Å². The number of rotatable bonds is 10. The Morgan fingerprint density at radius 2 is 1.91 bits per heavy atom. The average molecular weight is 308 g/mol. The quantitative estimate of drug-likeness (QED) is 0.409. The topological polar surface area (TPSA) is 64.8 Å². The standard InChI is InChI=1S/C17H28N2O3/c1-4-7-11-21-16-13-14(18)8-9-15(16)17(20)22-12-10-19(5-2)6-3/h8-9,13H,4-7,10-12,18H2,1-3H3. The van der Waals surface area contributed by atoms with E-state index >= 15 is 0 Å². The van der Waals surface area contributed by atoms with Crippen LogP contribution in [-0.2, 0) is 4.74 Å². The molecule has 0 unspecified atom stereocenters. The maximum absolute atomic E-state index is 12.2. The number of benzene rings is 1. The molecule has 0 aliphatic heterocycles. The van der Waals surface area contributed by atoms with E-state index in [1.54, 1.807) is 18.2 Å². The fourth-order valence-corrected chi connectivity index (χ4v) is 2.04. The van der Waals surface area contributed by atoms with Gasteiger partial charge in [0.05, 0.1) is 6.61 Å². The van der Waals surface area contributed by atoms with Crippen LogP contribution < -0.4 is 10.5 Å². The number of nitrogen functional groups attached to an aromatic ring is 1. The van der Waals surface area contributed by atoms with Crippen molar-refractivity contribution >= 4 is 11.7 Å². The predicted octanol–water partition coefficient (Wildman–Crippen LogP) is 2.95. The number of hydrogen-bond donors (Lipinski definition) is 1. The molecule has 5 heteroatoms. The zero-order valence-corrected chi connectivity index (χ0v) is 13.9. The number of carbonyl (C=O) groups excluding carboxylic acids is 1. The maximum Gasteiger partial charge on any atom is 0.341 e. The lowest BCUT2D eigenvalue weighted by Crippen LogP contribution is -2.28. The summed E-state index contributed by atoms with van der Waals surface area (Å²) in [6.07, 6.45) is 1.97. The number of nitrogens with zero attached hydrogens (tertiary/aromatic N) is 1. The van der Waals surface area contributed by atoms with Gasteiger partial charge in [-0.3, -0.25) is 0 Å². The molecule has 1 aromatic rings. The number of nitrogens with two attached hydrogens (primary N) is 1. The maximum atomic E-state index is 12.2. The molecule has 0 atom stereocenters. The highest BCUT2D eigenvalue weighted by atomic mass is 16.5. The van der Waals surface area contributed by atoms with Crippen molar-refractivity contribution in [2.45, 2.75) is 33.6 Å². The van der Waals surface area contributed by atoms with Gasteiger partial charge < -0.3 is 20.1 Å². The summed E-state index contributed by atoms with van der Waals surface area (Å²) in [7, 11) is 0.